The first kappa shape index (κ1) is 12.9. The molecular weight excluding hydrogens is 378 g/mol. The summed E-state index contributed by atoms with van der Waals surface area (Å²) in [5.41, 5.74) is -0.534. The molecule has 1 aromatic carbocycles. The Morgan fingerprint density at radius 1 is 1.24 bits per heavy atom. The second kappa shape index (κ2) is 4.96. The van der Waals surface area contributed by atoms with E-state index in [9.17, 15) is 13.6 Å². The molecule has 0 spiro atoms. The predicted octanol–water partition coefficient (Wildman–Crippen LogP) is 4.78. The number of benzene rings is 1. The van der Waals surface area contributed by atoms with Crippen LogP contribution in [0.15, 0.2) is 32.5 Å². The molecule has 0 aliphatic rings. The molecule has 0 aliphatic heterocycles. The molecule has 6 heteroatoms. The third-order valence-electron chi connectivity index (χ3n) is 2.06. The van der Waals surface area contributed by atoms with Crippen LogP contribution in [0.1, 0.15) is 15.2 Å². The van der Waals surface area contributed by atoms with E-state index >= 15 is 0 Å². The van der Waals surface area contributed by atoms with Crippen LogP contribution in [0.3, 0.4) is 0 Å². The van der Waals surface area contributed by atoms with E-state index in [4.69, 9.17) is 0 Å². The van der Waals surface area contributed by atoms with Gasteiger partial charge < -0.3 is 0 Å². The van der Waals surface area contributed by atoms with Gasteiger partial charge in [-0.2, -0.15) is 0 Å². The van der Waals surface area contributed by atoms with Crippen molar-refractivity contribution in [1.82, 2.24) is 0 Å². The van der Waals surface area contributed by atoms with Crippen LogP contribution in [-0.4, -0.2) is 5.78 Å². The minimum absolute atomic E-state index is 0.0675. The second-order valence-corrected chi connectivity index (χ2v) is 5.86. The van der Waals surface area contributed by atoms with Gasteiger partial charge in [-0.25, -0.2) is 8.78 Å². The fraction of sp³-hybridized carbons (Fsp3) is 0. The Kier molecular flexibility index (Phi) is 3.75. The smallest absolute Gasteiger partial charge is 0.208 e. The first-order valence-corrected chi connectivity index (χ1v) is 6.89. The molecule has 2 aromatic rings. The van der Waals surface area contributed by atoms with Gasteiger partial charge in [0.15, 0.2) is 5.82 Å². The van der Waals surface area contributed by atoms with E-state index in [0.717, 1.165) is 17.4 Å². The minimum atomic E-state index is -0.875. The first-order chi connectivity index (χ1) is 8.00. The van der Waals surface area contributed by atoms with E-state index in [1.165, 1.54) is 12.1 Å². The van der Waals surface area contributed by atoms with Crippen LogP contribution in [0.2, 0.25) is 0 Å². The van der Waals surface area contributed by atoms with Gasteiger partial charge in [-0.15, -0.1) is 11.3 Å². The van der Waals surface area contributed by atoms with Gasteiger partial charge >= 0.3 is 0 Å². The van der Waals surface area contributed by atoms with E-state index in [2.05, 4.69) is 31.9 Å². The van der Waals surface area contributed by atoms with E-state index in [1.807, 2.05) is 0 Å². The van der Waals surface area contributed by atoms with Crippen molar-refractivity contribution in [3.63, 3.8) is 0 Å². The maximum absolute atomic E-state index is 13.7. The number of rotatable bonds is 2. The van der Waals surface area contributed by atoms with Crippen molar-refractivity contribution in [1.29, 1.82) is 0 Å². The summed E-state index contributed by atoms with van der Waals surface area (Å²) in [5, 5.41) is 1.68. The Bertz CT molecular complexity index is 595. The monoisotopic (exact) mass is 380 g/mol. The zero-order valence-electron chi connectivity index (χ0n) is 8.14. The predicted molar refractivity (Wildman–Crippen MR) is 69.5 cm³/mol. The number of thiophene rings is 1. The zero-order valence-corrected chi connectivity index (χ0v) is 12.1. The summed E-state index contributed by atoms with van der Waals surface area (Å²) < 4.78 is 28.0. The SMILES string of the molecule is O=C(c1cc(Br)cs1)c1c(F)ccc(Br)c1F. The first-order valence-electron chi connectivity index (χ1n) is 4.43. The second-order valence-electron chi connectivity index (χ2n) is 3.18. The van der Waals surface area contributed by atoms with Crippen molar-refractivity contribution in [2.75, 3.05) is 0 Å². The number of carbonyl (C=O) groups excluding carboxylic acids is 1. The Balaban J connectivity index is 2.54. The average Bonchev–Trinajstić information content (AvgIpc) is 2.71. The Morgan fingerprint density at radius 2 is 1.94 bits per heavy atom. The number of hydrogen-bond acceptors (Lipinski definition) is 2. The van der Waals surface area contributed by atoms with E-state index in [0.29, 0.717) is 4.47 Å². The summed E-state index contributed by atoms with van der Waals surface area (Å²) in [6, 6.07) is 3.82. The fourth-order valence-electron chi connectivity index (χ4n) is 1.29. The van der Waals surface area contributed by atoms with Crippen LogP contribution < -0.4 is 0 Å². The lowest BCUT2D eigenvalue weighted by Crippen LogP contribution is -2.06. The number of halogens is 4. The molecule has 2 rings (SSSR count). The molecule has 0 saturated heterocycles. The third-order valence-corrected chi connectivity index (χ3v) is 4.36. The van der Waals surface area contributed by atoms with E-state index in [1.54, 1.807) is 5.38 Å². The van der Waals surface area contributed by atoms with Gasteiger partial charge in [-0.3, -0.25) is 4.79 Å². The van der Waals surface area contributed by atoms with Crippen LogP contribution in [0, 0.1) is 11.6 Å². The molecule has 0 aliphatic carbocycles. The van der Waals surface area contributed by atoms with Crippen molar-refractivity contribution in [3.8, 4) is 0 Å². The van der Waals surface area contributed by atoms with Crippen molar-refractivity contribution < 1.29 is 13.6 Å². The van der Waals surface area contributed by atoms with Gasteiger partial charge in [0, 0.05) is 9.85 Å². The molecule has 88 valence electrons. The lowest BCUT2D eigenvalue weighted by atomic mass is 10.1. The van der Waals surface area contributed by atoms with Crippen molar-refractivity contribution >= 4 is 49.0 Å². The Labute approximate surface area is 117 Å². The van der Waals surface area contributed by atoms with Crippen LogP contribution in [0.5, 0.6) is 0 Å². The molecule has 0 amide bonds. The summed E-state index contributed by atoms with van der Waals surface area (Å²) in [5.74, 6) is -2.39. The molecule has 17 heavy (non-hydrogen) atoms. The molecule has 0 saturated carbocycles. The van der Waals surface area contributed by atoms with E-state index in [-0.39, 0.29) is 9.35 Å². The largest absolute Gasteiger partial charge is 0.287 e. The van der Waals surface area contributed by atoms with Gasteiger partial charge in [0.05, 0.1) is 14.9 Å². The van der Waals surface area contributed by atoms with Gasteiger partial charge in [0.2, 0.25) is 5.78 Å². The lowest BCUT2D eigenvalue weighted by molar-refractivity contribution is 0.103. The standard InChI is InChI=1S/C11H4Br2F2OS/c12-5-3-8(17-4-5)11(16)9-7(14)2-1-6(13)10(9)15/h1-4H. The van der Waals surface area contributed by atoms with Crippen LogP contribution in [-0.2, 0) is 0 Å². The topological polar surface area (TPSA) is 17.1 Å². The average molecular weight is 382 g/mol. The highest BCUT2D eigenvalue weighted by Gasteiger charge is 2.22. The summed E-state index contributed by atoms with van der Waals surface area (Å²) in [7, 11) is 0. The fourth-order valence-corrected chi connectivity index (χ4v) is 2.99. The van der Waals surface area contributed by atoms with Crippen LogP contribution in [0.4, 0.5) is 8.78 Å². The van der Waals surface area contributed by atoms with Crippen molar-refractivity contribution in [2.24, 2.45) is 0 Å². The normalized spacial score (nSPS) is 10.6. The molecule has 0 radical (unpaired) electrons. The highest BCUT2D eigenvalue weighted by molar-refractivity contribution is 9.10. The van der Waals surface area contributed by atoms with Gasteiger partial charge in [0.1, 0.15) is 5.82 Å². The highest BCUT2D eigenvalue weighted by Crippen LogP contribution is 2.27. The van der Waals surface area contributed by atoms with Crippen molar-refractivity contribution in [2.45, 2.75) is 0 Å². The molecule has 1 nitrogen and oxygen atoms in total. The Morgan fingerprint density at radius 3 is 2.53 bits per heavy atom. The molecule has 0 unspecified atom stereocenters. The molecule has 1 aromatic heterocycles. The van der Waals surface area contributed by atoms with E-state index < -0.39 is 23.0 Å². The maximum atomic E-state index is 13.7. The van der Waals surface area contributed by atoms with Gasteiger partial charge in [0.25, 0.3) is 0 Å². The van der Waals surface area contributed by atoms with Gasteiger partial charge in [-0.05, 0) is 50.1 Å². The Hall–Kier alpha value is -0.590. The number of carbonyl (C=O) groups is 1. The summed E-state index contributed by atoms with van der Waals surface area (Å²) in [4.78, 5) is 12.2. The number of hydrogen-bond donors (Lipinski definition) is 0. The quantitative estimate of drug-likeness (QED) is 0.540. The molecule has 0 atom stereocenters. The molecule has 1 heterocycles. The maximum Gasteiger partial charge on any atom is 0.208 e. The molecule has 0 fully saturated rings. The van der Waals surface area contributed by atoms with Gasteiger partial charge in [-0.1, -0.05) is 0 Å². The zero-order chi connectivity index (χ0) is 12.6. The van der Waals surface area contributed by atoms with Crippen LogP contribution in [0.25, 0.3) is 0 Å². The molecule has 0 bridgehead atoms. The minimum Gasteiger partial charge on any atom is -0.287 e. The van der Waals surface area contributed by atoms with Crippen LogP contribution >= 0.6 is 43.2 Å². The summed E-state index contributed by atoms with van der Waals surface area (Å²) in [6.07, 6.45) is 0. The molecular formula is C11H4Br2F2OS. The highest BCUT2D eigenvalue weighted by atomic mass is 79.9. The number of ketones is 1. The third kappa shape index (κ3) is 2.48. The summed E-state index contributed by atoms with van der Waals surface area (Å²) in [6.45, 7) is 0. The van der Waals surface area contributed by atoms with Crippen molar-refractivity contribution in [3.05, 3.63) is 54.6 Å². The molecule has 0 N–H and O–H groups in total. The summed E-state index contributed by atoms with van der Waals surface area (Å²) >= 11 is 7.24. The lowest BCUT2D eigenvalue weighted by Gasteiger charge is -2.03.